The van der Waals surface area contributed by atoms with Gasteiger partial charge in [0.25, 0.3) is 0 Å². The second kappa shape index (κ2) is 7.16. The van der Waals surface area contributed by atoms with Gasteiger partial charge in [0.1, 0.15) is 0 Å². The van der Waals surface area contributed by atoms with Gasteiger partial charge in [0.15, 0.2) is 0 Å². The molecule has 0 aliphatic carbocycles. The van der Waals surface area contributed by atoms with Crippen molar-refractivity contribution in [1.82, 2.24) is 14.5 Å². The van der Waals surface area contributed by atoms with Crippen LogP contribution in [0.1, 0.15) is 35.0 Å². The molecule has 3 heteroatoms. The third-order valence-corrected chi connectivity index (χ3v) is 5.50. The summed E-state index contributed by atoms with van der Waals surface area (Å²) in [6, 6.07) is 11.0. The molecule has 0 amide bonds. The zero-order chi connectivity index (χ0) is 19.0. The molecule has 0 atom stereocenters. The molecule has 0 saturated heterocycles. The first kappa shape index (κ1) is 17.7. The summed E-state index contributed by atoms with van der Waals surface area (Å²) in [6.07, 6.45) is 7.32. The van der Waals surface area contributed by atoms with Crippen LogP contribution in [0.25, 0.3) is 22.7 Å². The maximum absolute atomic E-state index is 4.46. The van der Waals surface area contributed by atoms with Crippen LogP contribution in [-0.4, -0.2) is 27.5 Å². The van der Waals surface area contributed by atoms with E-state index in [4.69, 9.17) is 0 Å². The molecule has 3 nitrogen and oxygen atoms in total. The molecule has 0 bridgehead atoms. The summed E-state index contributed by atoms with van der Waals surface area (Å²) < 4.78 is 2.41. The Morgan fingerprint density at radius 2 is 2.07 bits per heavy atom. The first-order valence-corrected chi connectivity index (χ1v) is 9.64. The van der Waals surface area contributed by atoms with E-state index in [1.165, 1.54) is 38.9 Å². The minimum absolute atomic E-state index is 0.946. The van der Waals surface area contributed by atoms with E-state index >= 15 is 0 Å². The molecule has 1 aliphatic rings. The molecule has 1 aromatic carbocycles. The van der Waals surface area contributed by atoms with Crippen LogP contribution in [0.2, 0.25) is 0 Å². The predicted molar refractivity (Wildman–Crippen MR) is 115 cm³/mol. The average molecular weight is 358 g/mol. The van der Waals surface area contributed by atoms with E-state index < -0.39 is 0 Å². The van der Waals surface area contributed by atoms with Crippen molar-refractivity contribution in [3.05, 3.63) is 77.3 Å². The summed E-state index contributed by atoms with van der Waals surface area (Å²) in [4.78, 5) is 6.93. The molecule has 0 radical (unpaired) electrons. The molecule has 3 aromatic rings. The number of pyridine rings is 1. The molecule has 2 aromatic heterocycles. The highest BCUT2D eigenvalue weighted by atomic mass is 15.1. The summed E-state index contributed by atoms with van der Waals surface area (Å²) in [5.74, 6) is 0. The normalized spacial score (nSPS) is 15.1. The first-order valence-electron chi connectivity index (χ1n) is 9.64. The van der Waals surface area contributed by atoms with Crippen LogP contribution in [0, 0.1) is 13.8 Å². The second-order valence-electron chi connectivity index (χ2n) is 7.59. The number of rotatable bonds is 4. The Labute approximate surface area is 161 Å². The lowest BCUT2D eigenvalue weighted by molar-refractivity contribution is 0.281. The minimum atomic E-state index is 0.946. The van der Waals surface area contributed by atoms with Crippen molar-refractivity contribution in [2.24, 2.45) is 0 Å². The number of hydrogen-bond acceptors (Lipinski definition) is 2. The summed E-state index contributed by atoms with van der Waals surface area (Å²) in [5, 5.41) is 1.38. The Kier molecular flexibility index (Phi) is 4.71. The lowest BCUT2D eigenvalue weighted by Gasteiger charge is -2.26. The number of fused-ring (bicyclic) bond motifs is 3. The predicted octanol–water partition coefficient (Wildman–Crippen LogP) is 5.22. The molecule has 0 unspecified atom stereocenters. The van der Waals surface area contributed by atoms with Gasteiger partial charge in [0.2, 0.25) is 0 Å². The van der Waals surface area contributed by atoms with Gasteiger partial charge in [-0.25, -0.2) is 0 Å². The van der Waals surface area contributed by atoms with Gasteiger partial charge < -0.3 is 4.57 Å². The Balaban J connectivity index is 1.85. The molecule has 0 fully saturated rings. The standard InChI is InChI=1S/C24H27N3/c1-5-11-26-12-10-24-22(16-26)21-13-17(2)6-9-23(21)27(24)15-18(3)20-8-7-19(4)25-14-20/h5-9,13-15H,1,10-12,16H2,2-4H3/b18-15+. The zero-order valence-corrected chi connectivity index (χ0v) is 16.5. The summed E-state index contributed by atoms with van der Waals surface area (Å²) >= 11 is 0. The van der Waals surface area contributed by atoms with Gasteiger partial charge in [-0.2, -0.15) is 0 Å². The van der Waals surface area contributed by atoms with Crippen molar-refractivity contribution in [1.29, 1.82) is 0 Å². The van der Waals surface area contributed by atoms with Gasteiger partial charge in [0.05, 0.1) is 5.52 Å². The maximum atomic E-state index is 4.46. The third kappa shape index (κ3) is 3.35. The number of nitrogens with zero attached hydrogens (tertiary/aromatic N) is 3. The Morgan fingerprint density at radius 1 is 1.22 bits per heavy atom. The molecule has 1 aliphatic heterocycles. The topological polar surface area (TPSA) is 21.1 Å². The van der Waals surface area contributed by atoms with Crippen molar-refractivity contribution in [3.63, 3.8) is 0 Å². The number of benzene rings is 1. The van der Waals surface area contributed by atoms with E-state index in [0.29, 0.717) is 0 Å². The van der Waals surface area contributed by atoms with E-state index in [0.717, 1.165) is 31.7 Å². The van der Waals surface area contributed by atoms with E-state index in [1.807, 2.05) is 19.2 Å². The summed E-state index contributed by atoms with van der Waals surface area (Å²) in [6.45, 7) is 13.3. The molecule has 3 heterocycles. The van der Waals surface area contributed by atoms with Gasteiger partial charge in [-0.1, -0.05) is 23.8 Å². The fourth-order valence-electron chi connectivity index (χ4n) is 4.02. The minimum Gasteiger partial charge on any atom is -0.320 e. The highest BCUT2D eigenvalue weighted by Gasteiger charge is 2.23. The quantitative estimate of drug-likeness (QED) is 0.597. The van der Waals surface area contributed by atoms with Gasteiger partial charge >= 0.3 is 0 Å². The lowest BCUT2D eigenvalue weighted by atomic mass is 10.0. The highest BCUT2D eigenvalue weighted by molar-refractivity contribution is 5.90. The fourth-order valence-corrected chi connectivity index (χ4v) is 4.02. The third-order valence-electron chi connectivity index (χ3n) is 5.50. The molecular weight excluding hydrogens is 330 g/mol. The van der Waals surface area contributed by atoms with Crippen LogP contribution in [0.5, 0.6) is 0 Å². The van der Waals surface area contributed by atoms with Crippen molar-refractivity contribution in [2.75, 3.05) is 13.1 Å². The van der Waals surface area contributed by atoms with Crippen LogP contribution in [0.3, 0.4) is 0 Å². The zero-order valence-electron chi connectivity index (χ0n) is 16.5. The van der Waals surface area contributed by atoms with Crippen LogP contribution in [0.15, 0.2) is 49.2 Å². The van der Waals surface area contributed by atoms with Crippen LogP contribution >= 0.6 is 0 Å². The number of aromatic nitrogens is 2. The second-order valence-corrected chi connectivity index (χ2v) is 7.59. The van der Waals surface area contributed by atoms with Crippen molar-refractivity contribution < 1.29 is 0 Å². The molecule has 0 spiro atoms. The molecule has 4 rings (SSSR count). The van der Waals surface area contributed by atoms with Crippen molar-refractivity contribution in [3.8, 4) is 0 Å². The Hall–Kier alpha value is -2.65. The molecule has 138 valence electrons. The van der Waals surface area contributed by atoms with E-state index in [1.54, 1.807) is 0 Å². The Morgan fingerprint density at radius 3 is 2.81 bits per heavy atom. The fraction of sp³-hybridized carbons (Fsp3) is 0.292. The Bertz CT molecular complexity index is 1020. The van der Waals surface area contributed by atoms with Gasteiger partial charge in [-0.3, -0.25) is 9.88 Å². The highest BCUT2D eigenvalue weighted by Crippen LogP contribution is 2.33. The van der Waals surface area contributed by atoms with E-state index in [9.17, 15) is 0 Å². The average Bonchev–Trinajstić information content (AvgIpc) is 2.95. The lowest BCUT2D eigenvalue weighted by Crippen LogP contribution is -2.30. The van der Waals surface area contributed by atoms with Crippen molar-refractivity contribution in [2.45, 2.75) is 33.7 Å². The molecule has 0 N–H and O–H groups in total. The maximum Gasteiger partial charge on any atom is 0.0529 e. The van der Waals surface area contributed by atoms with Gasteiger partial charge in [0, 0.05) is 55.2 Å². The summed E-state index contributed by atoms with van der Waals surface area (Å²) in [5.41, 5.74) is 8.97. The first-order chi connectivity index (χ1) is 13.1. The van der Waals surface area contributed by atoms with Crippen LogP contribution < -0.4 is 0 Å². The van der Waals surface area contributed by atoms with Gasteiger partial charge in [-0.15, -0.1) is 6.58 Å². The van der Waals surface area contributed by atoms with E-state index in [-0.39, 0.29) is 0 Å². The van der Waals surface area contributed by atoms with Crippen LogP contribution in [0.4, 0.5) is 0 Å². The monoisotopic (exact) mass is 357 g/mol. The summed E-state index contributed by atoms with van der Waals surface area (Å²) in [7, 11) is 0. The SMILES string of the molecule is C=CCN1CCc2c(c3cc(C)ccc3n2/C=C(\C)c2ccc(C)nc2)C1. The largest absolute Gasteiger partial charge is 0.320 e. The molecular formula is C24H27N3. The number of allylic oxidation sites excluding steroid dienone is 1. The number of hydrogen-bond donors (Lipinski definition) is 0. The molecule has 0 saturated carbocycles. The van der Waals surface area contributed by atoms with Gasteiger partial charge in [-0.05, 0) is 55.7 Å². The van der Waals surface area contributed by atoms with Crippen LogP contribution in [-0.2, 0) is 13.0 Å². The van der Waals surface area contributed by atoms with Crippen molar-refractivity contribution >= 4 is 22.7 Å². The molecule has 27 heavy (non-hydrogen) atoms. The smallest absolute Gasteiger partial charge is 0.0529 e. The number of aryl methyl sites for hydroxylation is 2. The van der Waals surface area contributed by atoms with E-state index in [2.05, 4.69) is 71.4 Å².